The average Bonchev–Trinajstić information content (AvgIpc) is 1.84. The molecule has 1 heterocycles. The molecule has 2 N–H and O–H groups in total. The number of rotatable bonds is 2. The van der Waals surface area contributed by atoms with Gasteiger partial charge in [-0.05, 0) is 0 Å². The van der Waals surface area contributed by atoms with E-state index in [1.54, 1.807) is 0 Å². The summed E-state index contributed by atoms with van der Waals surface area (Å²) in [6.07, 6.45) is 0.374. The van der Waals surface area contributed by atoms with Crippen molar-refractivity contribution in [2.75, 3.05) is 13.7 Å². The molecule has 1 aliphatic heterocycles. The minimum atomic E-state index is -0.504. The van der Waals surface area contributed by atoms with Crippen LogP contribution < -0.4 is 10.9 Å². The van der Waals surface area contributed by atoms with Gasteiger partial charge in [0.2, 0.25) is 0 Å². The zero-order chi connectivity index (χ0) is 7.40. The molecule has 0 aromatic heterocycles. The highest BCUT2D eigenvalue weighted by molar-refractivity contribution is 5.66. The van der Waals surface area contributed by atoms with Gasteiger partial charge in [0, 0.05) is 6.42 Å². The van der Waals surface area contributed by atoms with Gasteiger partial charge in [-0.1, -0.05) is 0 Å². The Morgan fingerprint density at radius 3 is 2.90 bits per heavy atom. The van der Waals surface area contributed by atoms with E-state index in [2.05, 4.69) is 15.6 Å². The lowest BCUT2D eigenvalue weighted by Gasteiger charge is -2.26. The molecule has 1 unspecified atom stereocenters. The zero-order valence-electron chi connectivity index (χ0n) is 5.72. The van der Waals surface area contributed by atoms with Gasteiger partial charge in [0.15, 0.2) is 0 Å². The SMILES string of the molecule is COC(=O)NNC1CCO1. The molecule has 0 radical (unpaired) electrons. The van der Waals surface area contributed by atoms with E-state index in [1.807, 2.05) is 0 Å². The van der Waals surface area contributed by atoms with Crippen LogP contribution in [0.5, 0.6) is 0 Å². The number of ether oxygens (including phenoxy) is 2. The largest absolute Gasteiger partial charge is 0.452 e. The molecule has 1 rings (SSSR count). The van der Waals surface area contributed by atoms with Gasteiger partial charge < -0.3 is 9.47 Å². The number of hydrogen-bond acceptors (Lipinski definition) is 4. The second kappa shape index (κ2) is 3.38. The van der Waals surface area contributed by atoms with Crippen molar-refractivity contribution in [2.24, 2.45) is 0 Å². The van der Waals surface area contributed by atoms with E-state index in [0.29, 0.717) is 0 Å². The molecule has 0 saturated carbocycles. The van der Waals surface area contributed by atoms with E-state index >= 15 is 0 Å². The molecule has 1 atom stereocenters. The number of hydrazine groups is 1. The molecule has 1 aliphatic rings. The molecule has 0 aromatic rings. The third-order valence-electron chi connectivity index (χ3n) is 1.22. The van der Waals surface area contributed by atoms with E-state index in [9.17, 15) is 4.79 Å². The van der Waals surface area contributed by atoms with E-state index < -0.39 is 6.09 Å². The molecule has 1 saturated heterocycles. The molecule has 58 valence electrons. The van der Waals surface area contributed by atoms with Crippen LogP contribution in [0.25, 0.3) is 0 Å². The summed E-state index contributed by atoms with van der Waals surface area (Å²) in [7, 11) is 1.30. The fourth-order valence-electron chi connectivity index (χ4n) is 0.540. The highest BCUT2D eigenvalue weighted by atomic mass is 16.6. The van der Waals surface area contributed by atoms with Crippen LogP contribution in [0.2, 0.25) is 0 Å². The predicted octanol–water partition coefficient (Wildman–Crippen LogP) is -0.407. The van der Waals surface area contributed by atoms with Crippen LogP contribution in [0.4, 0.5) is 4.79 Å². The lowest BCUT2D eigenvalue weighted by atomic mass is 10.3. The first kappa shape index (κ1) is 7.30. The van der Waals surface area contributed by atoms with Gasteiger partial charge in [0.05, 0.1) is 13.7 Å². The number of carbonyl (C=O) groups excluding carboxylic acids is 1. The maximum Gasteiger partial charge on any atom is 0.421 e. The summed E-state index contributed by atoms with van der Waals surface area (Å²) in [4.78, 5) is 10.4. The Balaban J connectivity index is 1.98. The van der Waals surface area contributed by atoms with Crippen molar-refractivity contribution in [1.82, 2.24) is 10.9 Å². The first-order chi connectivity index (χ1) is 4.83. The lowest BCUT2D eigenvalue weighted by molar-refractivity contribution is -0.0772. The summed E-state index contributed by atoms with van der Waals surface area (Å²) < 4.78 is 9.25. The Hall–Kier alpha value is -0.810. The lowest BCUT2D eigenvalue weighted by Crippen LogP contribution is -2.50. The van der Waals surface area contributed by atoms with Crippen molar-refractivity contribution in [1.29, 1.82) is 0 Å². The Labute approximate surface area is 58.7 Å². The molecule has 10 heavy (non-hydrogen) atoms. The Morgan fingerprint density at radius 1 is 1.80 bits per heavy atom. The first-order valence-electron chi connectivity index (χ1n) is 3.04. The van der Waals surface area contributed by atoms with Gasteiger partial charge in [0.25, 0.3) is 0 Å². The van der Waals surface area contributed by atoms with Crippen molar-refractivity contribution in [2.45, 2.75) is 12.6 Å². The Kier molecular flexibility index (Phi) is 2.47. The normalized spacial score (nSPS) is 23.1. The third kappa shape index (κ3) is 1.85. The molecule has 0 aromatic carbocycles. The van der Waals surface area contributed by atoms with Gasteiger partial charge in [-0.2, -0.15) is 0 Å². The van der Waals surface area contributed by atoms with E-state index in [-0.39, 0.29) is 6.23 Å². The van der Waals surface area contributed by atoms with Crippen molar-refractivity contribution in [3.8, 4) is 0 Å². The third-order valence-corrected chi connectivity index (χ3v) is 1.22. The predicted molar refractivity (Wildman–Crippen MR) is 33.0 cm³/mol. The van der Waals surface area contributed by atoms with Crippen molar-refractivity contribution in [3.05, 3.63) is 0 Å². The fourth-order valence-corrected chi connectivity index (χ4v) is 0.540. The smallest absolute Gasteiger partial charge is 0.421 e. The zero-order valence-corrected chi connectivity index (χ0v) is 5.72. The fraction of sp³-hybridized carbons (Fsp3) is 0.800. The summed E-state index contributed by atoms with van der Waals surface area (Å²) >= 11 is 0. The Bertz CT molecular complexity index is 124. The number of amides is 1. The quantitative estimate of drug-likeness (QED) is 0.520. The molecule has 5 nitrogen and oxygen atoms in total. The number of carbonyl (C=O) groups is 1. The second-order valence-corrected chi connectivity index (χ2v) is 1.91. The van der Waals surface area contributed by atoms with Gasteiger partial charge in [-0.3, -0.25) is 5.43 Å². The van der Waals surface area contributed by atoms with E-state index in [0.717, 1.165) is 13.0 Å². The van der Waals surface area contributed by atoms with Crippen LogP contribution >= 0.6 is 0 Å². The first-order valence-corrected chi connectivity index (χ1v) is 3.04. The molecule has 5 heteroatoms. The van der Waals surface area contributed by atoms with Crippen molar-refractivity contribution in [3.63, 3.8) is 0 Å². The average molecular weight is 146 g/mol. The molecular formula is C5H10N2O3. The minimum absolute atomic E-state index is 0.0425. The van der Waals surface area contributed by atoms with E-state index in [1.165, 1.54) is 7.11 Å². The Morgan fingerprint density at radius 2 is 2.50 bits per heavy atom. The molecule has 0 aliphatic carbocycles. The summed E-state index contributed by atoms with van der Waals surface area (Å²) in [5.74, 6) is 0. The van der Waals surface area contributed by atoms with Crippen LogP contribution in [0.3, 0.4) is 0 Å². The highest BCUT2D eigenvalue weighted by Gasteiger charge is 2.17. The number of nitrogens with one attached hydrogen (secondary N) is 2. The van der Waals surface area contributed by atoms with E-state index in [4.69, 9.17) is 4.74 Å². The van der Waals surface area contributed by atoms with Crippen LogP contribution in [-0.2, 0) is 9.47 Å². The number of hydrogen-bond donors (Lipinski definition) is 2. The maximum atomic E-state index is 10.4. The minimum Gasteiger partial charge on any atom is -0.452 e. The summed E-state index contributed by atoms with van der Waals surface area (Å²) in [6.45, 7) is 0.751. The van der Waals surface area contributed by atoms with Crippen LogP contribution in [0, 0.1) is 0 Å². The second-order valence-electron chi connectivity index (χ2n) is 1.91. The highest BCUT2D eigenvalue weighted by Crippen LogP contribution is 2.05. The van der Waals surface area contributed by atoms with Crippen molar-refractivity contribution >= 4 is 6.09 Å². The molecule has 1 amide bonds. The van der Waals surface area contributed by atoms with Gasteiger partial charge in [0.1, 0.15) is 6.23 Å². The van der Waals surface area contributed by atoms with Gasteiger partial charge >= 0.3 is 6.09 Å². The number of methoxy groups -OCH3 is 1. The van der Waals surface area contributed by atoms with Crippen LogP contribution in [0.1, 0.15) is 6.42 Å². The maximum absolute atomic E-state index is 10.4. The van der Waals surface area contributed by atoms with Crippen LogP contribution in [0.15, 0.2) is 0 Å². The topological polar surface area (TPSA) is 59.6 Å². The summed E-state index contributed by atoms with van der Waals surface area (Å²) in [5, 5.41) is 0. The standard InChI is InChI=1S/C5H10N2O3/c1-9-5(8)7-6-4-2-3-10-4/h4,6H,2-3H2,1H3,(H,7,8). The van der Waals surface area contributed by atoms with Gasteiger partial charge in [-0.25, -0.2) is 10.2 Å². The van der Waals surface area contributed by atoms with Gasteiger partial charge in [-0.15, -0.1) is 0 Å². The summed E-state index contributed by atoms with van der Waals surface area (Å²) in [5.41, 5.74) is 4.92. The van der Waals surface area contributed by atoms with Crippen LogP contribution in [-0.4, -0.2) is 26.0 Å². The summed E-state index contributed by atoms with van der Waals surface area (Å²) in [6, 6.07) is 0. The molecule has 1 fully saturated rings. The molecule has 0 bridgehead atoms. The monoisotopic (exact) mass is 146 g/mol. The molecule has 0 spiro atoms. The molecular weight excluding hydrogens is 136 g/mol. The van der Waals surface area contributed by atoms with Crippen molar-refractivity contribution < 1.29 is 14.3 Å².